The highest BCUT2D eigenvalue weighted by Crippen LogP contribution is 2.31. The predicted molar refractivity (Wildman–Crippen MR) is 91.8 cm³/mol. The minimum atomic E-state index is -0.00955. The number of carbonyl (C=O) groups is 1. The van der Waals surface area contributed by atoms with E-state index in [-0.39, 0.29) is 5.91 Å². The lowest BCUT2D eigenvalue weighted by atomic mass is 10.2. The lowest BCUT2D eigenvalue weighted by Crippen LogP contribution is -2.27. The number of carbonyl (C=O) groups excluding carboxylic acids is 1. The highest BCUT2D eigenvalue weighted by Gasteiger charge is 2.24. The van der Waals surface area contributed by atoms with Gasteiger partial charge >= 0.3 is 0 Å². The molecule has 1 amide bonds. The van der Waals surface area contributed by atoms with Gasteiger partial charge in [-0.15, -0.1) is 10.2 Å². The Labute approximate surface area is 140 Å². The number of hydrogen-bond donors (Lipinski definition) is 1. The molecule has 0 radical (unpaired) electrons. The van der Waals surface area contributed by atoms with Crippen molar-refractivity contribution >= 4 is 22.9 Å². The van der Waals surface area contributed by atoms with Gasteiger partial charge in [0, 0.05) is 36.7 Å². The largest absolute Gasteiger partial charge is 0.382 e. The Hall–Kier alpha value is -2.02. The van der Waals surface area contributed by atoms with Crippen molar-refractivity contribution in [1.29, 1.82) is 0 Å². The van der Waals surface area contributed by atoms with Gasteiger partial charge in [-0.3, -0.25) is 9.78 Å². The number of hydrogen-bond acceptors (Lipinski definition) is 6. The summed E-state index contributed by atoms with van der Waals surface area (Å²) in [7, 11) is 0. The van der Waals surface area contributed by atoms with E-state index >= 15 is 0 Å². The van der Waals surface area contributed by atoms with Crippen molar-refractivity contribution in [2.45, 2.75) is 39.7 Å². The zero-order valence-corrected chi connectivity index (χ0v) is 14.5. The van der Waals surface area contributed by atoms with Crippen LogP contribution in [0.2, 0.25) is 0 Å². The number of nitrogens with one attached hydrogen (secondary N) is 1. The molecular weight excluding hydrogens is 310 g/mol. The number of anilines is 1. The third-order valence-corrected chi connectivity index (χ3v) is 4.66. The Morgan fingerprint density at radius 1 is 1.30 bits per heavy atom. The molecule has 0 bridgehead atoms. The average Bonchev–Trinajstić information content (AvgIpc) is 3.18. The number of likely N-dealkylation sites (tertiary alicyclic amines) is 1. The van der Waals surface area contributed by atoms with Crippen LogP contribution in [0.4, 0.5) is 5.69 Å². The van der Waals surface area contributed by atoms with E-state index in [4.69, 9.17) is 0 Å². The van der Waals surface area contributed by atoms with Crippen LogP contribution in [0.3, 0.4) is 0 Å². The van der Waals surface area contributed by atoms with E-state index in [1.165, 1.54) is 11.3 Å². The quantitative estimate of drug-likeness (QED) is 0.932. The normalized spacial score (nSPS) is 14.5. The minimum Gasteiger partial charge on any atom is -0.382 e. The molecule has 1 N–H and O–H groups in total. The smallest absolute Gasteiger partial charge is 0.284 e. The molecule has 1 aliphatic heterocycles. The molecule has 23 heavy (non-hydrogen) atoms. The van der Waals surface area contributed by atoms with Crippen LogP contribution in [0.25, 0.3) is 10.6 Å². The summed E-state index contributed by atoms with van der Waals surface area (Å²) < 4.78 is 0. The topological polar surface area (TPSA) is 71.0 Å². The molecule has 0 aromatic carbocycles. The Bertz CT molecular complexity index is 706. The van der Waals surface area contributed by atoms with Crippen molar-refractivity contribution in [2.75, 3.05) is 18.4 Å². The summed E-state index contributed by atoms with van der Waals surface area (Å²) in [5.41, 5.74) is 2.81. The number of rotatable bonds is 4. The second-order valence-corrected chi connectivity index (χ2v) is 7.06. The van der Waals surface area contributed by atoms with Crippen molar-refractivity contribution in [3.05, 3.63) is 23.0 Å². The second kappa shape index (κ2) is 6.62. The highest BCUT2D eigenvalue weighted by molar-refractivity contribution is 7.16. The van der Waals surface area contributed by atoms with Crippen molar-refractivity contribution in [3.8, 4) is 10.6 Å². The van der Waals surface area contributed by atoms with Gasteiger partial charge in [-0.05, 0) is 39.7 Å². The van der Waals surface area contributed by atoms with E-state index in [1.54, 1.807) is 6.20 Å². The SMILES string of the molecule is Cc1cc(NC(C)C)c(-c2nnc(C(=O)N3CCCC3)s2)cn1. The van der Waals surface area contributed by atoms with E-state index in [1.807, 2.05) is 17.9 Å². The third-order valence-electron chi connectivity index (χ3n) is 3.72. The van der Waals surface area contributed by atoms with Crippen LogP contribution in [0, 0.1) is 6.92 Å². The molecule has 1 aliphatic rings. The first-order valence-corrected chi connectivity index (χ1v) is 8.72. The zero-order chi connectivity index (χ0) is 16.4. The molecule has 122 valence electrons. The van der Waals surface area contributed by atoms with Crippen LogP contribution in [-0.4, -0.2) is 45.1 Å². The van der Waals surface area contributed by atoms with Gasteiger partial charge in [0.05, 0.1) is 5.56 Å². The fourth-order valence-electron chi connectivity index (χ4n) is 2.63. The van der Waals surface area contributed by atoms with Crippen LogP contribution < -0.4 is 5.32 Å². The summed E-state index contributed by atoms with van der Waals surface area (Å²) >= 11 is 1.33. The maximum atomic E-state index is 12.4. The molecule has 3 heterocycles. The standard InChI is InChI=1S/C16H21N5OS/c1-10(2)18-13-8-11(3)17-9-12(13)14-19-20-15(23-14)16(22)21-6-4-5-7-21/h8-10H,4-7H2,1-3H3,(H,17,18). The van der Waals surface area contributed by atoms with Crippen LogP contribution in [0.1, 0.15) is 42.2 Å². The molecule has 2 aromatic rings. The molecule has 1 fully saturated rings. The fourth-order valence-corrected chi connectivity index (χ4v) is 3.47. The van der Waals surface area contributed by atoms with Gasteiger partial charge in [0.2, 0.25) is 5.01 Å². The van der Waals surface area contributed by atoms with Gasteiger partial charge in [0.15, 0.2) is 5.01 Å². The van der Waals surface area contributed by atoms with Crippen LogP contribution in [0.15, 0.2) is 12.3 Å². The number of aromatic nitrogens is 3. The lowest BCUT2D eigenvalue weighted by Gasteiger charge is -2.13. The van der Waals surface area contributed by atoms with Crippen molar-refractivity contribution in [3.63, 3.8) is 0 Å². The first-order chi connectivity index (χ1) is 11.0. The molecule has 2 aromatic heterocycles. The zero-order valence-electron chi connectivity index (χ0n) is 13.7. The summed E-state index contributed by atoms with van der Waals surface area (Å²) in [5.74, 6) is -0.00955. The molecular formula is C16H21N5OS. The number of pyridine rings is 1. The maximum Gasteiger partial charge on any atom is 0.284 e. The van der Waals surface area contributed by atoms with Crippen LogP contribution in [0.5, 0.6) is 0 Å². The lowest BCUT2D eigenvalue weighted by molar-refractivity contribution is 0.0791. The van der Waals surface area contributed by atoms with Gasteiger partial charge in [-0.1, -0.05) is 11.3 Å². The van der Waals surface area contributed by atoms with Gasteiger partial charge in [0.1, 0.15) is 0 Å². The number of amides is 1. The molecule has 6 nitrogen and oxygen atoms in total. The van der Waals surface area contributed by atoms with E-state index in [0.29, 0.717) is 11.0 Å². The molecule has 3 rings (SSSR count). The van der Waals surface area contributed by atoms with Gasteiger partial charge in [0.25, 0.3) is 5.91 Å². The van der Waals surface area contributed by atoms with Crippen LogP contribution >= 0.6 is 11.3 Å². The van der Waals surface area contributed by atoms with E-state index in [2.05, 4.69) is 34.3 Å². The average molecular weight is 331 g/mol. The summed E-state index contributed by atoms with van der Waals surface area (Å²) in [6.07, 6.45) is 3.94. The van der Waals surface area contributed by atoms with Crippen LogP contribution in [-0.2, 0) is 0 Å². The molecule has 0 unspecified atom stereocenters. The Kier molecular flexibility index (Phi) is 4.56. The molecule has 0 atom stereocenters. The minimum absolute atomic E-state index is 0.00955. The Balaban J connectivity index is 1.89. The summed E-state index contributed by atoms with van der Waals surface area (Å²) in [6.45, 7) is 7.77. The Morgan fingerprint density at radius 3 is 2.74 bits per heavy atom. The van der Waals surface area contributed by atoms with E-state index < -0.39 is 0 Å². The summed E-state index contributed by atoms with van der Waals surface area (Å²) in [4.78, 5) is 18.6. The highest BCUT2D eigenvalue weighted by atomic mass is 32.1. The van der Waals surface area contributed by atoms with Gasteiger partial charge in [-0.2, -0.15) is 0 Å². The van der Waals surface area contributed by atoms with Crippen molar-refractivity contribution in [1.82, 2.24) is 20.1 Å². The van der Waals surface area contributed by atoms with Gasteiger partial charge in [-0.25, -0.2) is 0 Å². The maximum absolute atomic E-state index is 12.4. The first kappa shape index (κ1) is 15.9. The van der Waals surface area contributed by atoms with E-state index in [0.717, 1.165) is 47.9 Å². The third kappa shape index (κ3) is 3.50. The number of nitrogens with zero attached hydrogens (tertiary/aromatic N) is 4. The van der Waals surface area contributed by atoms with Gasteiger partial charge < -0.3 is 10.2 Å². The van der Waals surface area contributed by atoms with E-state index in [9.17, 15) is 4.79 Å². The van der Waals surface area contributed by atoms with Crippen molar-refractivity contribution < 1.29 is 4.79 Å². The molecule has 7 heteroatoms. The molecule has 1 saturated heterocycles. The molecule has 0 aliphatic carbocycles. The predicted octanol–water partition coefficient (Wildman–Crippen LogP) is 2.96. The summed E-state index contributed by atoms with van der Waals surface area (Å²) in [5, 5.41) is 12.9. The molecule has 0 spiro atoms. The summed E-state index contributed by atoms with van der Waals surface area (Å²) in [6, 6.07) is 2.30. The fraction of sp³-hybridized carbons (Fsp3) is 0.500. The second-order valence-electron chi connectivity index (χ2n) is 6.08. The Morgan fingerprint density at radius 2 is 2.04 bits per heavy atom. The number of aryl methyl sites for hydroxylation is 1. The van der Waals surface area contributed by atoms with Crippen molar-refractivity contribution in [2.24, 2.45) is 0 Å². The monoisotopic (exact) mass is 331 g/mol. The first-order valence-electron chi connectivity index (χ1n) is 7.91. The molecule has 0 saturated carbocycles.